The van der Waals surface area contributed by atoms with Crippen molar-refractivity contribution in [3.05, 3.63) is 0 Å². The van der Waals surface area contributed by atoms with Gasteiger partial charge in [0.25, 0.3) is 0 Å². The summed E-state index contributed by atoms with van der Waals surface area (Å²) in [4.78, 5) is 23.7. The number of hydrogen-bond acceptors (Lipinski definition) is 6. The van der Waals surface area contributed by atoms with Crippen LogP contribution in [0.3, 0.4) is 0 Å². The highest BCUT2D eigenvalue weighted by Gasteiger charge is 2.69. The normalized spacial score (nSPS) is 51.0. The predicted octanol–water partition coefficient (Wildman–Crippen LogP) is 2.39. The summed E-state index contributed by atoms with van der Waals surface area (Å²) < 4.78 is 11.6. The van der Waals surface area contributed by atoms with Gasteiger partial charge in [0.15, 0.2) is 5.60 Å². The molecule has 0 aromatic heterocycles. The maximum atomic E-state index is 12.1. The molecule has 0 amide bonds. The highest BCUT2D eigenvalue weighted by atomic mass is 17.3. The van der Waals surface area contributed by atoms with Crippen LogP contribution >= 0.6 is 0 Å². The first-order chi connectivity index (χ1) is 10.9. The summed E-state index contributed by atoms with van der Waals surface area (Å²) in [5.41, 5.74) is -0.610. The summed E-state index contributed by atoms with van der Waals surface area (Å²) in [6, 6.07) is 0. The number of rotatable bonds is 0. The zero-order valence-corrected chi connectivity index (χ0v) is 14.4. The molecule has 1 aliphatic carbocycles. The van der Waals surface area contributed by atoms with Gasteiger partial charge in [-0.25, -0.2) is 9.78 Å². The van der Waals surface area contributed by atoms with E-state index in [1.165, 1.54) is 0 Å². The minimum absolute atomic E-state index is 0.123. The van der Waals surface area contributed by atoms with Crippen molar-refractivity contribution >= 4 is 5.97 Å². The Morgan fingerprint density at radius 1 is 1.17 bits per heavy atom. The molecule has 132 valence electrons. The molecule has 4 heterocycles. The van der Waals surface area contributed by atoms with Crippen molar-refractivity contribution in [1.29, 1.82) is 0 Å². The molecule has 0 aromatic rings. The van der Waals surface area contributed by atoms with Gasteiger partial charge in [-0.1, -0.05) is 13.8 Å². The van der Waals surface area contributed by atoms with Crippen LogP contribution in [0.1, 0.15) is 53.4 Å². The van der Waals surface area contributed by atoms with Crippen molar-refractivity contribution in [2.45, 2.75) is 71.1 Å². The molecule has 6 nitrogen and oxygen atoms in total. The lowest BCUT2D eigenvalue weighted by Crippen LogP contribution is -2.69. The molecule has 0 aromatic carbocycles. The van der Waals surface area contributed by atoms with E-state index in [9.17, 15) is 4.79 Å². The molecule has 4 saturated heterocycles. The third-order valence-corrected chi connectivity index (χ3v) is 5.97. The first kappa shape index (κ1) is 17.1. The van der Waals surface area contributed by atoms with Crippen LogP contribution < -0.4 is 0 Å². The Balaban J connectivity index is 0.000000485. The van der Waals surface area contributed by atoms with Crippen molar-refractivity contribution in [1.82, 2.24) is 0 Å². The largest absolute Gasteiger partial charge is 0.432 e. The number of fused-ring (bicyclic) bond motifs is 2. The fourth-order valence-electron chi connectivity index (χ4n) is 4.76. The smallest absolute Gasteiger partial charge is 0.311 e. The molecule has 6 heteroatoms. The fraction of sp³-hybridized carbons (Fsp3) is 0.941. The molecule has 1 N–H and O–H groups in total. The standard InChI is InChI=1S/C15H22O5.C2H6O/c1-8-4-5-11-9(2)12(16)17-13-15(11)10(8)6-7-14(3,18-13)19-20-15;1-2-3/h8-11,13H,4-7H2,1-3H3;3H,2H2,1H3/t8-,9-,10+,11+,13-,14+,15-;/m1./s1. The van der Waals surface area contributed by atoms with Crippen molar-refractivity contribution < 1.29 is 29.1 Å². The van der Waals surface area contributed by atoms with E-state index in [1.54, 1.807) is 6.92 Å². The lowest BCUT2D eigenvalue weighted by Gasteiger charge is -2.57. The summed E-state index contributed by atoms with van der Waals surface area (Å²) in [5.74, 6) is -0.137. The van der Waals surface area contributed by atoms with E-state index < -0.39 is 17.7 Å². The fourth-order valence-corrected chi connectivity index (χ4v) is 4.76. The summed E-state index contributed by atoms with van der Waals surface area (Å²) >= 11 is 0. The third kappa shape index (κ3) is 2.51. The van der Waals surface area contributed by atoms with Gasteiger partial charge in [0, 0.05) is 24.9 Å². The monoisotopic (exact) mass is 328 g/mol. The zero-order valence-electron chi connectivity index (χ0n) is 14.4. The number of aliphatic hydroxyl groups excluding tert-OH is 1. The number of carbonyl (C=O) groups excluding carboxylic acids is 1. The highest BCUT2D eigenvalue weighted by Crippen LogP contribution is 2.59. The summed E-state index contributed by atoms with van der Waals surface area (Å²) in [7, 11) is 0. The van der Waals surface area contributed by atoms with Crippen LogP contribution in [0, 0.1) is 23.7 Å². The van der Waals surface area contributed by atoms with Crippen LogP contribution in [0.25, 0.3) is 0 Å². The van der Waals surface area contributed by atoms with Crippen LogP contribution in [-0.2, 0) is 24.0 Å². The number of aliphatic hydroxyl groups is 1. The second kappa shape index (κ2) is 5.99. The molecule has 0 radical (unpaired) electrons. The topological polar surface area (TPSA) is 74.2 Å². The number of esters is 1. The van der Waals surface area contributed by atoms with Crippen LogP contribution in [-0.4, -0.2) is 35.4 Å². The number of hydrogen-bond donors (Lipinski definition) is 1. The summed E-state index contributed by atoms with van der Waals surface area (Å²) in [6.45, 7) is 7.99. The average Bonchev–Trinajstić information content (AvgIpc) is 2.72. The maximum absolute atomic E-state index is 12.1. The average molecular weight is 328 g/mol. The van der Waals surface area contributed by atoms with Crippen molar-refractivity contribution in [2.24, 2.45) is 23.7 Å². The molecule has 7 atom stereocenters. The maximum Gasteiger partial charge on any atom is 0.311 e. The Labute approximate surface area is 137 Å². The Morgan fingerprint density at radius 3 is 2.57 bits per heavy atom. The second-order valence-corrected chi connectivity index (χ2v) is 7.45. The molecule has 5 rings (SSSR count). The van der Waals surface area contributed by atoms with E-state index in [4.69, 9.17) is 24.4 Å². The summed E-state index contributed by atoms with van der Waals surface area (Å²) in [5, 5.41) is 7.57. The van der Waals surface area contributed by atoms with E-state index in [0.29, 0.717) is 11.8 Å². The first-order valence-corrected chi connectivity index (χ1v) is 8.74. The Morgan fingerprint density at radius 2 is 1.87 bits per heavy atom. The molecule has 5 aliphatic rings. The number of carbonyl (C=O) groups is 1. The Kier molecular flexibility index (Phi) is 4.46. The Bertz CT molecular complexity index is 468. The van der Waals surface area contributed by atoms with E-state index in [0.717, 1.165) is 25.7 Å². The minimum atomic E-state index is -0.793. The van der Waals surface area contributed by atoms with Gasteiger partial charge in [-0.2, -0.15) is 0 Å². The van der Waals surface area contributed by atoms with Crippen molar-refractivity contribution in [2.75, 3.05) is 6.61 Å². The molecule has 23 heavy (non-hydrogen) atoms. The van der Waals surface area contributed by atoms with Gasteiger partial charge in [0.2, 0.25) is 12.1 Å². The van der Waals surface area contributed by atoms with Crippen molar-refractivity contribution in [3.8, 4) is 0 Å². The molecular weight excluding hydrogens is 300 g/mol. The predicted molar refractivity (Wildman–Crippen MR) is 80.8 cm³/mol. The molecule has 1 spiro atoms. The molecule has 5 fully saturated rings. The Hall–Kier alpha value is -0.690. The van der Waals surface area contributed by atoms with Gasteiger partial charge in [0.05, 0.1) is 5.92 Å². The number of ether oxygens (including phenoxy) is 2. The molecule has 4 aliphatic heterocycles. The molecule has 1 saturated carbocycles. The quantitative estimate of drug-likeness (QED) is 0.544. The van der Waals surface area contributed by atoms with E-state index in [-0.39, 0.29) is 24.4 Å². The van der Waals surface area contributed by atoms with Crippen LogP contribution in [0.15, 0.2) is 0 Å². The zero-order chi connectivity index (χ0) is 16.8. The molecule has 0 unspecified atom stereocenters. The van der Waals surface area contributed by atoms with E-state index in [1.807, 2.05) is 13.8 Å². The first-order valence-electron chi connectivity index (χ1n) is 8.74. The van der Waals surface area contributed by atoms with Gasteiger partial charge >= 0.3 is 5.97 Å². The lowest BCUT2D eigenvalue weighted by molar-refractivity contribution is -0.559. The van der Waals surface area contributed by atoms with Crippen molar-refractivity contribution in [3.63, 3.8) is 0 Å². The molecule has 2 bridgehead atoms. The van der Waals surface area contributed by atoms with E-state index in [2.05, 4.69) is 6.92 Å². The van der Waals surface area contributed by atoms with Gasteiger partial charge < -0.3 is 14.6 Å². The van der Waals surface area contributed by atoms with Crippen LogP contribution in [0.5, 0.6) is 0 Å². The van der Waals surface area contributed by atoms with Gasteiger partial charge in [-0.3, -0.25) is 4.79 Å². The SMILES string of the molecule is CCO.C[C@@H]1CC[C@H]2[C@@H](C)C(=O)O[C@@H]3O[C@]4(C)CC[C@@H]1[C@]32OO4. The van der Waals surface area contributed by atoms with Crippen LogP contribution in [0.2, 0.25) is 0 Å². The highest BCUT2D eigenvalue weighted by molar-refractivity contribution is 5.74. The van der Waals surface area contributed by atoms with E-state index >= 15 is 0 Å². The van der Waals surface area contributed by atoms with Gasteiger partial charge in [-0.15, -0.1) is 0 Å². The minimum Gasteiger partial charge on any atom is -0.432 e. The lowest BCUT2D eigenvalue weighted by atomic mass is 9.58. The second-order valence-electron chi connectivity index (χ2n) is 7.45. The van der Waals surface area contributed by atoms with Gasteiger partial charge in [-0.05, 0) is 39.0 Å². The third-order valence-electron chi connectivity index (χ3n) is 5.97. The van der Waals surface area contributed by atoms with Crippen LogP contribution in [0.4, 0.5) is 0 Å². The summed E-state index contributed by atoms with van der Waals surface area (Å²) in [6.07, 6.45) is 3.24. The van der Waals surface area contributed by atoms with Gasteiger partial charge in [0.1, 0.15) is 0 Å². The molecular formula is C17H28O6.